The third-order valence-corrected chi connectivity index (χ3v) is 3.93. The maximum absolute atomic E-state index is 12.0. The molecule has 1 aromatic carbocycles. The lowest BCUT2D eigenvalue weighted by atomic mass is 9.97. The van der Waals surface area contributed by atoms with Crippen LogP contribution in [-0.4, -0.2) is 45.0 Å². The fraction of sp³-hybridized carbons (Fsp3) is 0.550. The lowest BCUT2D eigenvalue weighted by Crippen LogP contribution is -2.28. The highest BCUT2D eigenvalue weighted by Gasteiger charge is 2.41. The maximum atomic E-state index is 12.0. The number of rotatable bonds is 8. The molecule has 2 rings (SSSR count). The second-order valence-corrected chi connectivity index (χ2v) is 7.21. The molecule has 0 aromatic heterocycles. The Morgan fingerprint density at radius 2 is 1.88 bits per heavy atom. The number of esters is 1. The van der Waals surface area contributed by atoms with Crippen LogP contribution in [0.3, 0.4) is 0 Å². The van der Waals surface area contributed by atoms with Gasteiger partial charge >= 0.3 is 5.97 Å². The summed E-state index contributed by atoms with van der Waals surface area (Å²) in [5.74, 6) is -0.295. The van der Waals surface area contributed by atoms with Gasteiger partial charge in [-0.05, 0) is 31.9 Å². The Balaban J connectivity index is 1.96. The normalized spacial score (nSPS) is 23.2. The predicted octanol–water partition coefficient (Wildman–Crippen LogP) is 3.06. The molecule has 1 fully saturated rings. The number of methoxy groups -OCH3 is 1. The molecule has 6 nitrogen and oxygen atoms in total. The van der Waals surface area contributed by atoms with Crippen molar-refractivity contribution >= 4 is 5.97 Å². The van der Waals surface area contributed by atoms with Gasteiger partial charge in [-0.3, -0.25) is 4.79 Å². The van der Waals surface area contributed by atoms with Crippen molar-refractivity contribution in [1.82, 2.24) is 0 Å². The molecule has 144 valence electrons. The summed E-state index contributed by atoms with van der Waals surface area (Å²) in [5.41, 5.74) is 1.12. The van der Waals surface area contributed by atoms with E-state index in [4.69, 9.17) is 23.7 Å². The molecule has 0 saturated carbocycles. The molecule has 1 aromatic rings. The number of carbonyl (C=O) groups is 1. The van der Waals surface area contributed by atoms with Crippen LogP contribution in [0.5, 0.6) is 0 Å². The van der Waals surface area contributed by atoms with Gasteiger partial charge in [0.1, 0.15) is 25.6 Å². The van der Waals surface area contributed by atoms with E-state index in [0.717, 1.165) is 5.56 Å². The first-order chi connectivity index (χ1) is 12.3. The monoisotopic (exact) mass is 364 g/mol. The third-order valence-electron chi connectivity index (χ3n) is 3.93. The predicted molar refractivity (Wildman–Crippen MR) is 96.2 cm³/mol. The minimum atomic E-state index is -0.642. The molecule has 26 heavy (non-hydrogen) atoms. The second kappa shape index (κ2) is 9.28. The molecule has 0 amide bonds. The van der Waals surface area contributed by atoms with E-state index in [1.165, 1.54) is 0 Å². The first-order valence-electron chi connectivity index (χ1n) is 8.60. The van der Waals surface area contributed by atoms with E-state index in [0.29, 0.717) is 12.2 Å². The van der Waals surface area contributed by atoms with Gasteiger partial charge in [-0.15, -0.1) is 0 Å². The average Bonchev–Trinajstić information content (AvgIpc) is 2.91. The second-order valence-electron chi connectivity index (χ2n) is 7.21. The van der Waals surface area contributed by atoms with Crippen LogP contribution in [0, 0.1) is 5.41 Å². The highest BCUT2D eigenvalue weighted by Crippen LogP contribution is 2.30. The number of carbonyl (C=O) groups excluding carboxylic acids is 1. The van der Waals surface area contributed by atoms with Gasteiger partial charge < -0.3 is 23.7 Å². The number of hydrogen-bond donors (Lipinski definition) is 0. The Morgan fingerprint density at radius 1 is 1.19 bits per heavy atom. The minimum absolute atomic E-state index is 0.0764. The van der Waals surface area contributed by atoms with Crippen LogP contribution in [0.25, 0.3) is 0 Å². The van der Waals surface area contributed by atoms with Gasteiger partial charge in [0.2, 0.25) is 0 Å². The summed E-state index contributed by atoms with van der Waals surface area (Å²) >= 11 is 0. The van der Waals surface area contributed by atoms with Crippen molar-refractivity contribution in [2.75, 3.05) is 20.5 Å². The molecule has 0 N–H and O–H groups in total. The lowest BCUT2D eigenvalue weighted by Gasteiger charge is -2.19. The third kappa shape index (κ3) is 5.64. The molecule has 1 heterocycles. The maximum Gasteiger partial charge on any atom is 0.311 e. The first-order valence-corrected chi connectivity index (χ1v) is 8.60. The molecule has 0 radical (unpaired) electrons. The summed E-state index contributed by atoms with van der Waals surface area (Å²) < 4.78 is 27.8. The Hall–Kier alpha value is -1.73. The summed E-state index contributed by atoms with van der Waals surface area (Å²) in [7, 11) is 1.54. The van der Waals surface area contributed by atoms with Crippen LogP contribution in [0.2, 0.25) is 0 Å². The highest BCUT2D eigenvalue weighted by atomic mass is 16.7. The summed E-state index contributed by atoms with van der Waals surface area (Å²) in [4.78, 5) is 12.0. The van der Waals surface area contributed by atoms with Crippen molar-refractivity contribution in [2.24, 2.45) is 5.41 Å². The minimum Gasteiger partial charge on any atom is -0.462 e. The Labute approximate surface area is 155 Å². The van der Waals surface area contributed by atoms with Crippen LogP contribution in [0.1, 0.15) is 26.3 Å². The van der Waals surface area contributed by atoms with Crippen LogP contribution in [0.4, 0.5) is 0 Å². The molecule has 1 aliphatic heterocycles. The van der Waals surface area contributed by atoms with Crippen molar-refractivity contribution in [3.63, 3.8) is 0 Å². The van der Waals surface area contributed by atoms with Gasteiger partial charge in [0.15, 0.2) is 6.29 Å². The van der Waals surface area contributed by atoms with Crippen molar-refractivity contribution in [3.05, 3.63) is 48.0 Å². The summed E-state index contributed by atoms with van der Waals surface area (Å²) in [6.45, 7) is 9.98. The molecule has 0 spiro atoms. The zero-order valence-electron chi connectivity index (χ0n) is 15.9. The zero-order valence-corrected chi connectivity index (χ0v) is 15.9. The van der Waals surface area contributed by atoms with E-state index >= 15 is 0 Å². The highest BCUT2D eigenvalue weighted by molar-refractivity contribution is 5.75. The Bertz CT molecular complexity index is 592. The van der Waals surface area contributed by atoms with E-state index in [1.807, 2.05) is 30.3 Å². The van der Waals surface area contributed by atoms with Crippen LogP contribution < -0.4 is 0 Å². The van der Waals surface area contributed by atoms with Crippen LogP contribution in [0.15, 0.2) is 42.5 Å². The fourth-order valence-electron chi connectivity index (χ4n) is 2.40. The smallest absolute Gasteiger partial charge is 0.311 e. The molecule has 0 unspecified atom stereocenters. The summed E-state index contributed by atoms with van der Waals surface area (Å²) in [6.07, 6.45) is -1.61. The largest absolute Gasteiger partial charge is 0.462 e. The van der Waals surface area contributed by atoms with E-state index in [9.17, 15) is 4.79 Å². The molecule has 3 atom stereocenters. The SMILES string of the molecule is C=C1[C@@H](COC(=O)C(C)(C)C)O[C@H](OCc2ccccc2)[C@H]1OCOC. The molecule has 0 aliphatic carbocycles. The first kappa shape index (κ1) is 20.6. The lowest BCUT2D eigenvalue weighted by molar-refractivity contribution is -0.202. The van der Waals surface area contributed by atoms with Crippen LogP contribution in [-0.2, 0) is 35.1 Å². The van der Waals surface area contributed by atoms with Crippen molar-refractivity contribution in [2.45, 2.75) is 45.9 Å². The van der Waals surface area contributed by atoms with Crippen molar-refractivity contribution in [3.8, 4) is 0 Å². The molecular weight excluding hydrogens is 336 g/mol. The summed E-state index contributed by atoms with van der Waals surface area (Å²) in [5, 5.41) is 0. The van der Waals surface area contributed by atoms with Gasteiger partial charge in [0.05, 0.1) is 12.0 Å². The fourth-order valence-corrected chi connectivity index (χ4v) is 2.40. The molecule has 6 heteroatoms. The number of ether oxygens (including phenoxy) is 5. The standard InChI is InChI=1S/C20H28O6/c1-14-16(12-24-19(21)20(2,3)4)26-18(17(14)25-13-22-5)23-11-15-9-7-6-8-10-15/h6-10,16-18H,1,11-13H2,2-5H3/t16-,17+,18+/m1/s1. The molecular formula is C20H28O6. The molecule has 1 aliphatic rings. The van der Waals surface area contributed by atoms with Gasteiger partial charge in [-0.2, -0.15) is 0 Å². The van der Waals surface area contributed by atoms with Gasteiger partial charge in [0.25, 0.3) is 0 Å². The molecule has 0 bridgehead atoms. The number of hydrogen-bond acceptors (Lipinski definition) is 6. The van der Waals surface area contributed by atoms with Gasteiger partial charge in [0, 0.05) is 7.11 Å². The van der Waals surface area contributed by atoms with E-state index < -0.39 is 23.9 Å². The van der Waals surface area contributed by atoms with Crippen molar-refractivity contribution < 1.29 is 28.5 Å². The Kier molecular flexibility index (Phi) is 7.34. The zero-order chi connectivity index (χ0) is 19.2. The van der Waals surface area contributed by atoms with Crippen LogP contribution >= 0.6 is 0 Å². The quantitative estimate of drug-likeness (QED) is 0.401. The average molecular weight is 364 g/mol. The summed E-state index contributed by atoms with van der Waals surface area (Å²) in [6, 6.07) is 9.78. The van der Waals surface area contributed by atoms with Gasteiger partial charge in [-0.1, -0.05) is 36.9 Å². The van der Waals surface area contributed by atoms with E-state index in [-0.39, 0.29) is 19.4 Å². The van der Waals surface area contributed by atoms with Crippen molar-refractivity contribution in [1.29, 1.82) is 0 Å². The topological polar surface area (TPSA) is 63.2 Å². The Morgan fingerprint density at radius 3 is 2.50 bits per heavy atom. The number of benzene rings is 1. The van der Waals surface area contributed by atoms with Gasteiger partial charge in [-0.25, -0.2) is 0 Å². The van der Waals surface area contributed by atoms with E-state index in [2.05, 4.69) is 6.58 Å². The van der Waals surface area contributed by atoms with E-state index in [1.54, 1.807) is 27.9 Å². The molecule has 1 saturated heterocycles.